The van der Waals surface area contributed by atoms with Crippen LogP contribution in [0.5, 0.6) is 5.75 Å². The number of hydrogen-bond acceptors (Lipinski definition) is 22. The van der Waals surface area contributed by atoms with Gasteiger partial charge in [-0.2, -0.15) is 0 Å². The van der Waals surface area contributed by atoms with E-state index in [4.69, 9.17) is 16.9 Å². The Morgan fingerprint density at radius 2 is 0.841 bits per heavy atom. The van der Waals surface area contributed by atoms with Gasteiger partial charge in [-0.15, -0.1) is 0 Å². The van der Waals surface area contributed by atoms with Crippen molar-refractivity contribution in [1.82, 2.24) is 99.2 Å². The van der Waals surface area contributed by atoms with Crippen LogP contribution in [0.3, 0.4) is 0 Å². The van der Waals surface area contributed by atoms with Crippen LogP contribution in [0, 0.1) is 11.3 Å². The summed E-state index contributed by atoms with van der Waals surface area (Å²) in [4.78, 5) is 264. The molecule has 0 unspecified atom stereocenters. The maximum atomic E-state index is 15.3. The number of carboxylic acids is 3. The Morgan fingerprint density at radius 1 is 0.428 bits per heavy atom. The molecule has 15 atom stereocenters. The van der Waals surface area contributed by atoms with Crippen molar-refractivity contribution in [2.24, 2.45) is 17.4 Å². The van der Waals surface area contributed by atoms with Crippen LogP contribution in [0.25, 0.3) is 10.9 Å². The van der Waals surface area contributed by atoms with E-state index >= 15 is 19.2 Å². The smallest absolute Gasteiger partial charge is 0.322 e. The van der Waals surface area contributed by atoms with Gasteiger partial charge in [0.15, 0.2) is 5.96 Å². The molecule has 138 heavy (non-hydrogen) atoms. The molecular formula is C94H120N22O22. The van der Waals surface area contributed by atoms with Gasteiger partial charge in [-0.05, 0) is 118 Å². The van der Waals surface area contributed by atoms with Crippen LogP contribution in [-0.4, -0.2) is 274 Å². The van der Waals surface area contributed by atoms with Crippen molar-refractivity contribution >= 4 is 123 Å². The van der Waals surface area contributed by atoms with Gasteiger partial charge in [-0.25, -0.2) is 4.98 Å². The molecule has 2 aromatic heterocycles. The van der Waals surface area contributed by atoms with Gasteiger partial charge in [0, 0.05) is 81.5 Å². The molecule has 2 saturated heterocycles. The van der Waals surface area contributed by atoms with Gasteiger partial charge in [-0.1, -0.05) is 135 Å². The molecular weight excluding hydrogens is 1790 g/mol. The molecule has 44 heteroatoms. The molecule has 44 nitrogen and oxygen atoms in total. The fourth-order valence-electron chi connectivity index (χ4n) is 15.9. The number of carbonyl (C=O) groups is 18. The number of hydrogen-bond donors (Lipinski definition) is 23. The Bertz CT molecular complexity index is 5460. The SMILES string of the molecule is CC(C)C[C@H](NC(=O)[C@H](Cc1ccccc1)NC(=O)[C@H](C)NC(=O)[C@H](CCCNC(=N)N)NC(=O)[C@@H]1CCCN1C(=O)[C@H](C)NC(=O)[C@H](CC(=O)O)NC(=O)[C@H](C)NC(=O)[C@H](Cc1c[nH]cn1)NC(=O)[C@H](Cc1ccccc1)NC(=O)[C@@H](N)CC(=O)O)C(=O)N1CCC[C@H]1C(=O)N[C@@H](Cc1c[nH]c2ccccc12)C(=O)N[C@@H](Cc1ccccc1)C(=O)N[C@@H](Cc1ccc(O)cc1)C(=O)NCC(=O)O. The van der Waals surface area contributed by atoms with Gasteiger partial charge in [0.05, 0.1) is 30.9 Å². The lowest BCUT2D eigenvalue weighted by molar-refractivity contribution is -0.143. The van der Waals surface area contributed by atoms with Crippen molar-refractivity contribution in [2.45, 2.75) is 222 Å². The van der Waals surface area contributed by atoms with Crippen molar-refractivity contribution < 1.29 is 107 Å². The van der Waals surface area contributed by atoms with Crippen LogP contribution in [0.1, 0.15) is 126 Å². The summed E-state index contributed by atoms with van der Waals surface area (Å²) in [7, 11) is 0. The number of amides is 15. The monoisotopic (exact) mass is 1910 g/mol. The number of fused-ring (bicyclic) bond motifs is 1. The maximum Gasteiger partial charge on any atom is 0.322 e. The summed E-state index contributed by atoms with van der Waals surface area (Å²) in [6, 6.07) is 16.2. The van der Waals surface area contributed by atoms with E-state index in [1.807, 2.05) is 6.07 Å². The average Bonchev–Trinajstić information content (AvgIpc) is 1.62. The largest absolute Gasteiger partial charge is 0.508 e. The number of phenols is 1. The number of nitrogens with zero attached hydrogens (tertiary/aromatic N) is 3. The van der Waals surface area contributed by atoms with Crippen LogP contribution in [0.4, 0.5) is 0 Å². The molecule has 0 spiro atoms. The Labute approximate surface area is 793 Å². The lowest BCUT2D eigenvalue weighted by Gasteiger charge is -2.32. The van der Waals surface area contributed by atoms with Gasteiger partial charge < -0.3 is 126 Å². The predicted molar refractivity (Wildman–Crippen MR) is 498 cm³/mol. The van der Waals surface area contributed by atoms with Crippen molar-refractivity contribution in [3.05, 3.63) is 192 Å². The summed E-state index contributed by atoms with van der Waals surface area (Å²) in [5, 5.41) is 83.3. The van der Waals surface area contributed by atoms with Crippen LogP contribution in [0.15, 0.2) is 158 Å². The second kappa shape index (κ2) is 51.7. The topological polar surface area (TPSA) is 683 Å². The number of guanidine groups is 1. The van der Waals surface area contributed by atoms with E-state index in [0.29, 0.717) is 45.1 Å². The number of benzene rings is 5. The molecule has 2 aliphatic rings. The van der Waals surface area contributed by atoms with E-state index < -0.39 is 222 Å². The van der Waals surface area contributed by atoms with E-state index in [2.05, 4.69) is 89.4 Å². The number of imidazole rings is 1. The summed E-state index contributed by atoms with van der Waals surface area (Å²) < 4.78 is 0. The summed E-state index contributed by atoms with van der Waals surface area (Å²) in [5.74, 6) is -18.8. The standard InChI is InChI=1S/C94H120N22O22/c1-51(2)38-73(93(138)116-37-19-30-75(116)91(136)113-70(43-59-47-100-64-27-16-15-26-62(59)64)89(134)111-69(41-57-24-13-8-14-25-57)87(132)110-66(82(127)101-49-78(122)123)42-58-31-33-61(117)34-32-58)114-88(133)67(39-55-20-9-6-10-21-55)107-79(124)52(3)103-83(128)65(28-17-35-99-94(96)97)106-90(135)74-29-18-36-115(74)92(137)54(5)105-85(130)72(46-77(120)121)108-80(125)53(4)104-84(129)71(44-60-48-98-50-102-60)112-86(131)68(40-56-22-11-7-12-23-56)109-81(126)63(95)45-76(118)119/h6-16,20-27,31-34,47-48,50-54,63,65-75,100,117H,17-19,28-30,35-46,49,95H2,1-5H3,(H,98,102)(H,101,127)(H,103,128)(H,104,129)(H,105,130)(H,106,135)(H,107,124)(H,108,125)(H,109,126)(H,110,132)(H,111,134)(H,112,131)(H,113,136)(H,114,133)(H,118,119)(H,120,121)(H,122,123)(H4,96,97,99)/t52-,53-,54-,63-,65-,66-,67-,68-,69-,70-,71-,72-,73-,74-,75-/m0/s1. The minimum absolute atomic E-state index is 0.00804. The zero-order valence-corrected chi connectivity index (χ0v) is 76.8. The highest BCUT2D eigenvalue weighted by atomic mass is 16.4. The highest BCUT2D eigenvalue weighted by Gasteiger charge is 2.44. The predicted octanol–water partition coefficient (Wildman–Crippen LogP) is -2.00. The number of nitrogens with two attached hydrogens (primary N) is 2. The fourth-order valence-corrected chi connectivity index (χ4v) is 15.9. The molecule has 2 fully saturated rings. The molecule has 15 amide bonds. The number of para-hydroxylation sites is 1. The number of rotatable bonds is 51. The fraction of sp³-hybridized carbons (Fsp3) is 0.426. The van der Waals surface area contributed by atoms with E-state index in [1.165, 1.54) is 62.5 Å². The van der Waals surface area contributed by atoms with E-state index in [-0.39, 0.29) is 114 Å². The number of aromatic nitrogens is 3. The summed E-state index contributed by atoms with van der Waals surface area (Å²) >= 11 is 0. The number of phenolic OH excluding ortho intramolecular Hbond substituents is 1. The third kappa shape index (κ3) is 32.6. The Balaban J connectivity index is 0.854. The number of aliphatic carboxylic acids is 3. The van der Waals surface area contributed by atoms with Crippen molar-refractivity contribution in [2.75, 3.05) is 26.2 Å². The van der Waals surface area contributed by atoms with Crippen LogP contribution >= 0.6 is 0 Å². The highest BCUT2D eigenvalue weighted by Crippen LogP contribution is 2.26. The van der Waals surface area contributed by atoms with Crippen molar-refractivity contribution in [3.8, 4) is 5.75 Å². The summed E-state index contributed by atoms with van der Waals surface area (Å²) in [6.07, 6.45) is 1.97. The molecule has 738 valence electrons. The van der Waals surface area contributed by atoms with E-state index in [0.717, 1.165) is 4.90 Å². The third-order valence-electron chi connectivity index (χ3n) is 23.1. The van der Waals surface area contributed by atoms with E-state index in [9.17, 15) is 87.5 Å². The van der Waals surface area contributed by atoms with E-state index in [1.54, 1.807) is 129 Å². The first-order valence-corrected chi connectivity index (χ1v) is 45.2. The van der Waals surface area contributed by atoms with Gasteiger partial charge in [0.2, 0.25) is 88.6 Å². The summed E-state index contributed by atoms with van der Waals surface area (Å²) in [5.41, 5.74) is 15.0. The molecule has 0 saturated carbocycles. The molecule has 25 N–H and O–H groups in total. The number of aromatic hydroxyl groups is 1. The Hall–Kier alpha value is -15.7. The highest BCUT2D eigenvalue weighted by molar-refractivity contribution is 6.02. The minimum Gasteiger partial charge on any atom is -0.508 e. The molecule has 0 aliphatic carbocycles. The molecule has 2 aliphatic heterocycles. The number of nitrogens with one attached hydrogen (secondary N) is 17. The molecule has 4 heterocycles. The normalized spacial score (nSPS) is 16.2. The minimum atomic E-state index is -1.91. The Kier molecular flexibility index (Phi) is 39.7. The lowest BCUT2D eigenvalue weighted by Crippen LogP contribution is -2.61. The number of carbonyl (C=O) groups excluding carboxylic acids is 15. The van der Waals surface area contributed by atoms with Gasteiger partial charge >= 0.3 is 17.9 Å². The number of H-pyrrole nitrogens is 2. The van der Waals surface area contributed by atoms with Gasteiger partial charge in [0.1, 0.15) is 96.9 Å². The molecule has 0 radical (unpaired) electrons. The number of carboxylic acid groups (broad SMARTS) is 3. The first-order valence-electron chi connectivity index (χ1n) is 45.2. The number of likely N-dealkylation sites (tertiary alicyclic amines) is 2. The van der Waals surface area contributed by atoms with Gasteiger partial charge in [-0.3, -0.25) is 91.7 Å². The van der Waals surface area contributed by atoms with Crippen LogP contribution < -0.4 is 85.9 Å². The first-order chi connectivity index (χ1) is 65.8. The molecule has 9 rings (SSSR count). The van der Waals surface area contributed by atoms with Crippen LogP contribution in [-0.2, 0) is 125 Å². The third-order valence-corrected chi connectivity index (χ3v) is 23.1. The number of aromatic amines is 2. The zero-order chi connectivity index (χ0) is 100. The van der Waals surface area contributed by atoms with Crippen LogP contribution in [0.2, 0.25) is 0 Å². The second-order valence-corrected chi connectivity index (χ2v) is 34.4. The maximum absolute atomic E-state index is 15.3. The van der Waals surface area contributed by atoms with Crippen molar-refractivity contribution in [3.63, 3.8) is 0 Å². The summed E-state index contributed by atoms with van der Waals surface area (Å²) in [6.45, 7) is 6.49. The molecule has 5 aromatic carbocycles. The molecule has 7 aromatic rings. The molecule has 0 bridgehead atoms. The Morgan fingerprint density at radius 3 is 1.33 bits per heavy atom. The first kappa shape index (κ1) is 106. The quantitative estimate of drug-likeness (QED) is 0.0111. The second-order valence-electron chi connectivity index (χ2n) is 34.4. The zero-order valence-electron chi connectivity index (χ0n) is 76.8. The van der Waals surface area contributed by atoms with Gasteiger partial charge in [0.25, 0.3) is 0 Å². The van der Waals surface area contributed by atoms with Crippen molar-refractivity contribution in [1.29, 1.82) is 5.41 Å². The lowest BCUT2D eigenvalue weighted by atomic mass is 9.99. The average molecular weight is 1910 g/mol.